The van der Waals surface area contributed by atoms with Crippen molar-refractivity contribution < 1.29 is 4.79 Å². The van der Waals surface area contributed by atoms with E-state index in [-0.39, 0.29) is 11.7 Å². The Labute approximate surface area is 165 Å². The van der Waals surface area contributed by atoms with Crippen LogP contribution in [0, 0.1) is 11.8 Å². The maximum atomic E-state index is 12.6. The van der Waals surface area contributed by atoms with Crippen LogP contribution in [0.15, 0.2) is 24.7 Å². The Morgan fingerprint density at radius 1 is 1.37 bits per heavy atom. The second-order valence-electron chi connectivity index (χ2n) is 7.41. The second-order valence-corrected chi connectivity index (χ2v) is 7.81. The minimum atomic E-state index is 0.0723. The van der Waals surface area contributed by atoms with E-state index in [4.69, 9.17) is 11.6 Å². The SMILES string of the molecule is CC(C)CNc1cncc(-c2cc(CC(=O)[C@@H]3CCCNC3)ncc2Cl)n1. The van der Waals surface area contributed by atoms with Gasteiger partial charge in [-0.05, 0) is 31.4 Å². The van der Waals surface area contributed by atoms with Crippen LogP contribution < -0.4 is 10.6 Å². The van der Waals surface area contributed by atoms with E-state index in [1.54, 1.807) is 18.6 Å². The predicted molar refractivity (Wildman–Crippen MR) is 108 cm³/mol. The van der Waals surface area contributed by atoms with Gasteiger partial charge >= 0.3 is 0 Å². The molecule has 2 aromatic rings. The fraction of sp³-hybridized carbons (Fsp3) is 0.500. The average Bonchev–Trinajstić information content (AvgIpc) is 2.68. The zero-order valence-corrected chi connectivity index (χ0v) is 16.6. The molecule has 0 saturated carbocycles. The number of nitrogens with one attached hydrogen (secondary N) is 2. The molecule has 0 aromatic carbocycles. The first kappa shape index (κ1) is 19.7. The van der Waals surface area contributed by atoms with E-state index in [0.717, 1.165) is 38.0 Å². The molecule has 3 heterocycles. The van der Waals surface area contributed by atoms with Gasteiger partial charge in [0.15, 0.2) is 0 Å². The third kappa shape index (κ3) is 5.47. The van der Waals surface area contributed by atoms with Crippen molar-refractivity contribution in [2.75, 3.05) is 25.0 Å². The summed E-state index contributed by atoms with van der Waals surface area (Å²) >= 11 is 6.35. The number of anilines is 1. The Kier molecular flexibility index (Phi) is 6.74. The molecule has 7 heteroatoms. The molecule has 6 nitrogen and oxygen atoms in total. The van der Waals surface area contributed by atoms with Gasteiger partial charge in [0.25, 0.3) is 0 Å². The summed E-state index contributed by atoms with van der Waals surface area (Å²) in [6.45, 7) is 6.84. The summed E-state index contributed by atoms with van der Waals surface area (Å²) in [6, 6.07) is 1.85. The standard InChI is InChI=1S/C20H26ClN5O/c1-13(2)8-25-20-12-23-11-18(26-20)16-6-15(24-10-17(16)21)7-19(27)14-4-3-5-22-9-14/h6,10-14,22H,3-5,7-9H2,1-2H3,(H,25,26)/t14-/m1/s1. The zero-order valence-electron chi connectivity index (χ0n) is 15.8. The molecule has 1 fully saturated rings. The van der Waals surface area contributed by atoms with Gasteiger partial charge in [0.2, 0.25) is 0 Å². The van der Waals surface area contributed by atoms with Gasteiger partial charge in [-0.1, -0.05) is 25.4 Å². The quantitative estimate of drug-likeness (QED) is 0.758. The van der Waals surface area contributed by atoms with Crippen molar-refractivity contribution in [3.63, 3.8) is 0 Å². The molecule has 27 heavy (non-hydrogen) atoms. The zero-order chi connectivity index (χ0) is 19.2. The molecule has 0 bridgehead atoms. The number of nitrogens with zero attached hydrogens (tertiary/aromatic N) is 3. The molecular formula is C20H26ClN5O. The Balaban J connectivity index is 1.77. The molecular weight excluding hydrogens is 362 g/mol. The average molecular weight is 388 g/mol. The van der Waals surface area contributed by atoms with Crippen LogP contribution in [0.3, 0.4) is 0 Å². The number of ketones is 1. The monoisotopic (exact) mass is 387 g/mol. The van der Waals surface area contributed by atoms with Gasteiger partial charge in [0.1, 0.15) is 11.6 Å². The Hall–Kier alpha value is -2.05. The van der Waals surface area contributed by atoms with Crippen LogP contribution in [0.4, 0.5) is 5.82 Å². The van der Waals surface area contributed by atoms with Crippen molar-refractivity contribution in [1.29, 1.82) is 0 Å². The molecule has 1 saturated heterocycles. The molecule has 1 atom stereocenters. The van der Waals surface area contributed by atoms with E-state index >= 15 is 0 Å². The summed E-state index contributed by atoms with van der Waals surface area (Å²) in [5.41, 5.74) is 2.13. The lowest BCUT2D eigenvalue weighted by Crippen LogP contribution is -2.35. The molecule has 3 rings (SSSR count). The van der Waals surface area contributed by atoms with E-state index in [0.29, 0.717) is 34.6 Å². The lowest BCUT2D eigenvalue weighted by molar-refractivity contribution is -0.122. The van der Waals surface area contributed by atoms with Crippen molar-refractivity contribution in [1.82, 2.24) is 20.3 Å². The number of rotatable bonds is 7. The van der Waals surface area contributed by atoms with E-state index in [2.05, 4.69) is 39.4 Å². The number of Topliss-reactive ketones (excluding diaryl/α,β-unsaturated/α-hetero) is 1. The highest BCUT2D eigenvalue weighted by molar-refractivity contribution is 6.33. The summed E-state index contributed by atoms with van der Waals surface area (Å²) in [5.74, 6) is 1.51. The van der Waals surface area contributed by atoms with Crippen LogP contribution in [-0.2, 0) is 11.2 Å². The van der Waals surface area contributed by atoms with E-state index in [9.17, 15) is 4.79 Å². The number of hydrogen-bond donors (Lipinski definition) is 2. The first-order chi connectivity index (χ1) is 13.0. The van der Waals surface area contributed by atoms with Crippen molar-refractivity contribution in [2.45, 2.75) is 33.1 Å². The van der Waals surface area contributed by atoms with Crippen molar-refractivity contribution in [3.05, 3.63) is 35.4 Å². The molecule has 0 aliphatic carbocycles. The van der Waals surface area contributed by atoms with Crippen molar-refractivity contribution in [3.8, 4) is 11.3 Å². The number of pyridine rings is 1. The fourth-order valence-electron chi connectivity index (χ4n) is 3.11. The predicted octanol–water partition coefficient (Wildman–Crippen LogP) is 3.37. The van der Waals surface area contributed by atoms with E-state index in [1.807, 2.05) is 6.07 Å². The third-order valence-electron chi connectivity index (χ3n) is 4.62. The number of aromatic nitrogens is 3. The van der Waals surface area contributed by atoms with Gasteiger partial charge in [0.05, 0.1) is 23.1 Å². The van der Waals surface area contributed by atoms with Gasteiger partial charge < -0.3 is 10.6 Å². The number of carbonyl (C=O) groups excluding carboxylic acids is 1. The number of hydrogen-bond acceptors (Lipinski definition) is 6. The number of carbonyl (C=O) groups is 1. The molecule has 0 amide bonds. The maximum absolute atomic E-state index is 12.6. The van der Waals surface area contributed by atoms with E-state index < -0.39 is 0 Å². The lowest BCUT2D eigenvalue weighted by Gasteiger charge is -2.21. The molecule has 144 valence electrons. The summed E-state index contributed by atoms with van der Waals surface area (Å²) in [7, 11) is 0. The van der Waals surface area contributed by atoms with Crippen molar-refractivity contribution in [2.24, 2.45) is 11.8 Å². The molecule has 0 radical (unpaired) electrons. The third-order valence-corrected chi connectivity index (χ3v) is 4.92. The van der Waals surface area contributed by atoms with Crippen LogP contribution in [0.5, 0.6) is 0 Å². The largest absolute Gasteiger partial charge is 0.369 e. The molecule has 0 unspecified atom stereocenters. The molecule has 1 aliphatic rings. The van der Waals surface area contributed by atoms with Crippen molar-refractivity contribution >= 4 is 23.2 Å². The van der Waals surface area contributed by atoms with Crippen LogP contribution in [-0.4, -0.2) is 40.4 Å². The molecule has 2 aromatic heterocycles. The highest BCUT2D eigenvalue weighted by Gasteiger charge is 2.21. The first-order valence-corrected chi connectivity index (χ1v) is 9.85. The summed E-state index contributed by atoms with van der Waals surface area (Å²) in [5, 5.41) is 7.06. The summed E-state index contributed by atoms with van der Waals surface area (Å²) in [6.07, 6.45) is 7.27. The van der Waals surface area contributed by atoms with Crippen LogP contribution >= 0.6 is 11.6 Å². The summed E-state index contributed by atoms with van der Waals surface area (Å²) in [4.78, 5) is 25.8. The molecule has 2 N–H and O–H groups in total. The molecule has 1 aliphatic heterocycles. The Morgan fingerprint density at radius 2 is 2.22 bits per heavy atom. The number of piperidine rings is 1. The van der Waals surface area contributed by atoms with Gasteiger partial charge in [-0.3, -0.25) is 14.8 Å². The molecule has 0 spiro atoms. The van der Waals surface area contributed by atoms with Crippen LogP contribution in [0.25, 0.3) is 11.3 Å². The van der Waals surface area contributed by atoms with Crippen LogP contribution in [0.1, 0.15) is 32.4 Å². The minimum absolute atomic E-state index is 0.0723. The summed E-state index contributed by atoms with van der Waals surface area (Å²) < 4.78 is 0. The smallest absolute Gasteiger partial charge is 0.145 e. The fourth-order valence-corrected chi connectivity index (χ4v) is 3.31. The minimum Gasteiger partial charge on any atom is -0.369 e. The normalized spacial score (nSPS) is 17.1. The number of halogens is 1. The lowest BCUT2D eigenvalue weighted by atomic mass is 9.92. The highest BCUT2D eigenvalue weighted by Crippen LogP contribution is 2.27. The van der Waals surface area contributed by atoms with Gasteiger partial charge in [-0.25, -0.2) is 4.98 Å². The highest BCUT2D eigenvalue weighted by atomic mass is 35.5. The second kappa shape index (κ2) is 9.24. The Bertz CT molecular complexity index is 790. The van der Waals surface area contributed by atoms with Crippen LogP contribution in [0.2, 0.25) is 5.02 Å². The first-order valence-electron chi connectivity index (χ1n) is 9.47. The topological polar surface area (TPSA) is 79.8 Å². The maximum Gasteiger partial charge on any atom is 0.145 e. The van der Waals surface area contributed by atoms with Gasteiger partial charge in [-0.2, -0.15) is 0 Å². The van der Waals surface area contributed by atoms with Gasteiger partial charge in [0, 0.05) is 42.9 Å². The van der Waals surface area contributed by atoms with E-state index in [1.165, 1.54) is 0 Å². The van der Waals surface area contributed by atoms with Gasteiger partial charge in [-0.15, -0.1) is 0 Å². The Morgan fingerprint density at radius 3 is 2.96 bits per heavy atom.